The molecule has 2 aromatic carbocycles. The van der Waals surface area contributed by atoms with E-state index in [4.69, 9.17) is 23.2 Å². The lowest BCUT2D eigenvalue weighted by molar-refractivity contribution is -0.129. The van der Waals surface area contributed by atoms with E-state index in [1.54, 1.807) is 30.3 Å². The van der Waals surface area contributed by atoms with Gasteiger partial charge in [-0.2, -0.15) is 0 Å². The van der Waals surface area contributed by atoms with Crippen LogP contribution in [0.1, 0.15) is 5.56 Å². The molecule has 2 amide bonds. The predicted molar refractivity (Wildman–Crippen MR) is 98.2 cm³/mol. The molecule has 0 atom stereocenters. The zero-order chi connectivity index (χ0) is 18.4. The van der Waals surface area contributed by atoms with Gasteiger partial charge in [0, 0.05) is 28.9 Å². The normalized spacial score (nSPS) is 10.7. The maximum Gasteiger partial charge on any atom is 0.246 e. The van der Waals surface area contributed by atoms with Crippen LogP contribution >= 0.6 is 23.2 Å². The van der Waals surface area contributed by atoms with E-state index in [0.29, 0.717) is 21.3 Å². The molecule has 25 heavy (non-hydrogen) atoms. The molecular weight excluding hydrogens is 366 g/mol. The number of hydrogen-bond acceptors (Lipinski definition) is 2. The SMILES string of the molecule is CN(CC(=O)Nc1cccc(F)c1)C(=O)/C=C/c1ccc(Cl)cc1Cl. The zero-order valence-electron chi connectivity index (χ0n) is 13.3. The van der Waals surface area contributed by atoms with Crippen LogP contribution in [0.2, 0.25) is 10.0 Å². The Morgan fingerprint density at radius 1 is 1.20 bits per heavy atom. The van der Waals surface area contributed by atoms with Crippen LogP contribution < -0.4 is 5.32 Å². The van der Waals surface area contributed by atoms with E-state index in [1.165, 1.54) is 36.2 Å². The molecule has 0 bridgehead atoms. The van der Waals surface area contributed by atoms with Crippen molar-refractivity contribution in [2.24, 2.45) is 0 Å². The van der Waals surface area contributed by atoms with Crippen molar-refractivity contribution >= 4 is 46.8 Å². The van der Waals surface area contributed by atoms with Crippen molar-refractivity contribution in [3.05, 3.63) is 70.0 Å². The molecule has 130 valence electrons. The van der Waals surface area contributed by atoms with Crippen molar-refractivity contribution in [3.8, 4) is 0 Å². The fourth-order valence-electron chi connectivity index (χ4n) is 1.99. The van der Waals surface area contributed by atoms with E-state index in [0.717, 1.165) is 0 Å². The fraction of sp³-hybridized carbons (Fsp3) is 0.111. The van der Waals surface area contributed by atoms with Gasteiger partial charge in [-0.15, -0.1) is 0 Å². The van der Waals surface area contributed by atoms with Crippen LogP contribution in [0, 0.1) is 5.82 Å². The van der Waals surface area contributed by atoms with Gasteiger partial charge in [0.2, 0.25) is 11.8 Å². The van der Waals surface area contributed by atoms with Crippen molar-refractivity contribution in [2.45, 2.75) is 0 Å². The van der Waals surface area contributed by atoms with Gasteiger partial charge in [-0.25, -0.2) is 4.39 Å². The summed E-state index contributed by atoms with van der Waals surface area (Å²) in [4.78, 5) is 25.2. The number of likely N-dealkylation sites (N-methyl/N-ethyl adjacent to an activating group) is 1. The molecule has 0 aliphatic carbocycles. The number of amides is 2. The van der Waals surface area contributed by atoms with Gasteiger partial charge in [0.05, 0.1) is 6.54 Å². The zero-order valence-corrected chi connectivity index (χ0v) is 14.8. The van der Waals surface area contributed by atoms with E-state index >= 15 is 0 Å². The molecule has 0 spiro atoms. The summed E-state index contributed by atoms with van der Waals surface area (Å²) in [6.45, 7) is -0.173. The van der Waals surface area contributed by atoms with Crippen molar-refractivity contribution < 1.29 is 14.0 Å². The lowest BCUT2D eigenvalue weighted by Gasteiger charge is -2.15. The van der Waals surface area contributed by atoms with E-state index in [2.05, 4.69) is 5.32 Å². The standard InChI is InChI=1S/C18H15Cl2FN2O2/c1-23(11-17(24)22-15-4-2-3-14(21)10-15)18(25)8-6-12-5-7-13(19)9-16(12)20/h2-10H,11H2,1H3,(H,22,24)/b8-6+. The third kappa shape index (κ3) is 5.89. The summed E-state index contributed by atoms with van der Waals surface area (Å²) in [5.74, 6) is -1.26. The fourth-order valence-corrected chi connectivity index (χ4v) is 2.46. The molecule has 2 rings (SSSR count). The first-order valence-electron chi connectivity index (χ1n) is 7.29. The number of benzene rings is 2. The summed E-state index contributed by atoms with van der Waals surface area (Å²) < 4.78 is 13.1. The topological polar surface area (TPSA) is 49.4 Å². The number of carbonyl (C=O) groups excluding carboxylic acids is 2. The monoisotopic (exact) mass is 380 g/mol. The Labute approximate surface area is 154 Å². The molecule has 0 saturated heterocycles. The van der Waals surface area contributed by atoms with Gasteiger partial charge in [-0.1, -0.05) is 35.3 Å². The van der Waals surface area contributed by atoms with Crippen molar-refractivity contribution in [2.75, 3.05) is 18.9 Å². The molecule has 0 heterocycles. The molecule has 0 aliphatic heterocycles. The molecule has 1 N–H and O–H groups in total. The average Bonchev–Trinajstić information content (AvgIpc) is 2.53. The number of rotatable bonds is 5. The predicted octanol–water partition coefficient (Wildman–Crippen LogP) is 4.24. The van der Waals surface area contributed by atoms with Crippen LogP contribution in [0.25, 0.3) is 6.08 Å². The summed E-state index contributed by atoms with van der Waals surface area (Å²) in [5.41, 5.74) is 0.964. The first-order valence-corrected chi connectivity index (χ1v) is 8.04. The maximum absolute atomic E-state index is 13.1. The number of halogens is 3. The Bertz CT molecular complexity index is 824. The average molecular weight is 381 g/mol. The number of nitrogens with one attached hydrogen (secondary N) is 1. The van der Waals surface area contributed by atoms with Gasteiger partial charge in [-0.05, 0) is 42.0 Å². The summed E-state index contributed by atoms with van der Waals surface area (Å²) in [6, 6.07) is 10.4. The Morgan fingerprint density at radius 2 is 1.96 bits per heavy atom. The van der Waals surface area contributed by atoms with Gasteiger partial charge in [0.25, 0.3) is 0 Å². The van der Waals surface area contributed by atoms with Crippen LogP contribution in [0.5, 0.6) is 0 Å². The van der Waals surface area contributed by atoms with Gasteiger partial charge in [0.15, 0.2) is 0 Å². The lowest BCUT2D eigenvalue weighted by atomic mass is 10.2. The van der Waals surface area contributed by atoms with Crippen LogP contribution in [-0.4, -0.2) is 30.3 Å². The van der Waals surface area contributed by atoms with E-state index in [9.17, 15) is 14.0 Å². The largest absolute Gasteiger partial charge is 0.333 e. The summed E-state index contributed by atoms with van der Waals surface area (Å²) in [7, 11) is 1.49. The first-order chi connectivity index (χ1) is 11.8. The Kier molecular flexibility index (Phi) is 6.56. The highest BCUT2D eigenvalue weighted by Crippen LogP contribution is 2.22. The van der Waals surface area contributed by atoms with E-state index in [1.807, 2.05) is 0 Å². The van der Waals surface area contributed by atoms with Crippen molar-refractivity contribution in [1.82, 2.24) is 4.90 Å². The molecule has 0 fully saturated rings. The third-order valence-corrected chi connectivity index (χ3v) is 3.80. The van der Waals surface area contributed by atoms with Crippen LogP contribution in [0.3, 0.4) is 0 Å². The van der Waals surface area contributed by atoms with E-state index < -0.39 is 11.7 Å². The minimum absolute atomic E-state index is 0.173. The third-order valence-electron chi connectivity index (χ3n) is 3.23. The van der Waals surface area contributed by atoms with Gasteiger partial charge < -0.3 is 10.2 Å². The quantitative estimate of drug-likeness (QED) is 0.788. The molecule has 7 heteroatoms. The minimum Gasteiger partial charge on any atom is -0.333 e. The van der Waals surface area contributed by atoms with Crippen molar-refractivity contribution in [3.63, 3.8) is 0 Å². The highest BCUT2D eigenvalue weighted by atomic mass is 35.5. The number of anilines is 1. The summed E-state index contributed by atoms with van der Waals surface area (Å²) >= 11 is 11.8. The second kappa shape index (κ2) is 8.65. The molecule has 0 saturated carbocycles. The van der Waals surface area contributed by atoms with Gasteiger partial charge >= 0.3 is 0 Å². The van der Waals surface area contributed by atoms with Crippen molar-refractivity contribution in [1.29, 1.82) is 0 Å². The minimum atomic E-state index is -0.454. The number of hydrogen-bond donors (Lipinski definition) is 1. The van der Waals surface area contributed by atoms with Gasteiger partial charge in [0.1, 0.15) is 5.82 Å². The molecule has 0 radical (unpaired) electrons. The maximum atomic E-state index is 13.1. The number of nitrogens with zero attached hydrogens (tertiary/aromatic N) is 1. The summed E-state index contributed by atoms with van der Waals surface area (Å²) in [5, 5.41) is 3.44. The Morgan fingerprint density at radius 3 is 2.64 bits per heavy atom. The van der Waals surface area contributed by atoms with Crippen LogP contribution in [0.4, 0.5) is 10.1 Å². The van der Waals surface area contributed by atoms with E-state index in [-0.39, 0.29) is 12.5 Å². The highest BCUT2D eigenvalue weighted by molar-refractivity contribution is 6.35. The molecule has 0 aliphatic rings. The Hall–Kier alpha value is -2.37. The van der Waals surface area contributed by atoms with Crippen LogP contribution in [-0.2, 0) is 9.59 Å². The second-order valence-corrected chi connectivity index (χ2v) is 6.10. The van der Waals surface area contributed by atoms with Gasteiger partial charge in [-0.3, -0.25) is 9.59 Å². The Balaban J connectivity index is 1.93. The molecule has 0 unspecified atom stereocenters. The molecule has 2 aromatic rings. The number of carbonyl (C=O) groups is 2. The van der Waals surface area contributed by atoms with Crippen LogP contribution in [0.15, 0.2) is 48.5 Å². The highest BCUT2D eigenvalue weighted by Gasteiger charge is 2.11. The molecular formula is C18H15Cl2FN2O2. The smallest absolute Gasteiger partial charge is 0.246 e. The molecule has 4 nitrogen and oxygen atoms in total. The first kappa shape index (κ1) is 19.0. The summed E-state index contributed by atoms with van der Waals surface area (Å²) in [6.07, 6.45) is 2.85. The lowest BCUT2D eigenvalue weighted by Crippen LogP contribution is -2.33. The second-order valence-electron chi connectivity index (χ2n) is 5.25. The molecule has 0 aromatic heterocycles.